The van der Waals surface area contributed by atoms with Crippen molar-refractivity contribution in [2.24, 2.45) is 11.7 Å². The molecule has 108 valence electrons. The molecule has 0 aromatic rings. The fourth-order valence-electron chi connectivity index (χ4n) is 2.08. The number of alkyl halides is 3. The van der Waals surface area contributed by atoms with Crippen molar-refractivity contribution in [3.8, 4) is 0 Å². The highest BCUT2D eigenvalue weighted by Gasteiger charge is 2.30. The van der Waals surface area contributed by atoms with Crippen LogP contribution in [0.5, 0.6) is 0 Å². The summed E-state index contributed by atoms with van der Waals surface area (Å²) in [6.07, 6.45) is -4.14. The van der Waals surface area contributed by atoms with Crippen molar-refractivity contribution >= 4 is 18.3 Å². The van der Waals surface area contributed by atoms with Crippen molar-refractivity contribution in [2.45, 2.75) is 44.8 Å². The van der Waals surface area contributed by atoms with Gasteiger partial charge in [0.2, 0.25) is 5.91 Å². The largest absolute Gasteiger partial charge is 0.389 e. The molecular weight excluding hydrogens is 269 g/mol. The highest BCUT2D eigenvalue weighted by atomic mass is 35.5. The van der Waals surface area contributed by atoms with E-state index in [2.05, 4.69) is 0 Å². The van der Waals surface area contributed by atoms with Gasteiger partial charge in [-0.3, -0.25) is 4.79 Å². The average Bonchev–Trinajstić information content (AvgIpc) is 2.25. The number of hydrogen-bond donors (Lipinski definition) is 1. The molecule has 0 aromatic carbocycles. The Morgan fingerprint density at radius 1 is 1.39 bits per heavy atom. The van der Waals surface area contributed by atoms with Crippen LogP contribution in [0.2, 0.25) is 0 Å². The molecule has 1 saturated heterocycles. The maximum absolute atomic E-state index is 12.0. The Labute approximate surface area is 111 Å². The summed E-state index contributed by atoms with van der Waals surface area (Å²) >= 11 is 0. The van der Waals surface area contributed by atoms with E-state index in [-0.39, 0.29) is 18.4 Å². The Morgan fingerprint density at radius 2 is 1.89 bits per heavy atom. The summed E-state index contributed by atoms with van der Waals surface area (Å²) < 4.78 is 35.9. The van der Waals surface area contributed by atoms with Gasteiger partial charge in [-0.15, -0.1) is 12.4 Å². The predicted molar refractivity (Wildman–Crippen MR) is 65.5 cm³/mol. The predicted octanol–water partition coefficient (Wildman–Crippen LogP) is 2.34. The van der Waals surface area contributed by atoms with Crippen molar-refractivity contribution in [1.82, 2.24) is 4.90 Å². The van der Waals surface area contributed by atoms with Gasteiger partial charge in [-0.25, -0.2) is 0 Å². The molecule has 7 heteroatoms. The molecule has 1 unspecified atom stereocenters. The quantitative estimate of drug-likeness (QED) is 0.866. The van der Waals surface area contributed by atoms with Gasteiger partial charge in [-0.2, -0.15) is 13.2 Å². The van der Waals surface area contributed by atoms with Crippen LogP contribution < -0.4 is 5.73 Å². The van der Waals surface area contributed by atoms with Crippen LogP contribution >= 0.6 is 12.4 Å². The number of nitrogens with zero attached hydrogens (tertiary/aromatic N) is 1. The average molecular weight is 289 g/mol. The summed E-state index contributed by atoms with van der Waals surface area (Å²) in [5.41, 5.74) is 5.75. The highest BCUT2D eigenvalue weighted by Crippen LogP contribution is 2.24. The van der Waals surface area contributed by atoms with E-state index in [4.69, 9.17) is 5.73 Å². The van der Waals surface area contributed by atoms with Gasteiger partial charge in [0.1, 0.15) is 0 Å². The first-order valence-corrected chi connectivity index (χ1v) is 5.89. The Balaban J connectivity index is 0.00000289. The van der Waals surface area contributed by atoms with E-state index in [0.717, 1.165) is 12.8 Å². The molecule has 18 heavy (non-hydrogen) atoms. The summed E-state index contributed by atoms with van der Waals surface area (Å²) in [4.78, 5) is 13.0. The van der Waals surface area contributed by atoms with E-state index in [1.54, 1.807) is 0 Å². The number of hydrogen-bond acceptors (Lipinski definition) is 2. The molecule has 0 bridgehead atoms. The third kappa shape index (κ3) is 5.91. The summed E-state index contributed by atoms with van der Waals surface area (Å²) in [6.45, 7) is 2.98. The van der Waals surface area contributed by atoms with Crippen molar-refractivity contribution in [1.29, 1.82) is 0 Å². The first kappa shape index (κ1) is 17.5. The maximum Gasteiger partial charge on any atom is 0.389 e. The molecule has 0 aromatic heterocycles. The van der Waals surface area contributed by atoms with Gasteiger partial charge in [0.25, 0.3) is 0 Å². The van der Waals surface area contributed by atoms with E-state index in [9.17, 15) is 18.0 Å². The molecule has 1 heterocycles. The first-order chi connectivity index (χ1) is 7.79. The van der Waals surface area contributed by atoms with Gasteiger partial charge >= 0.3 is 6.18 Å². The minimum atomic E-state index is -4.25. The van der Waals surface area contributed by atoms with Gasteiger partial charge in [-0.05, 0) is 25.7 Å². The number of rotatable bonds is 3. The minimum absolute atomic E-state index is 0. The minimum Gasteiger partial charge on any atom is -0.343 e. The SMILES string of the molecule is CC(N)C1CCN(C(=O)CCC(F)(F)F)CC1.Cl. The van der Waals surface area contributed by atoms with Crippen molar-refractivity contribution < 1.29 is 18.0 Å². The molecule has 1 atom stereocenters. The van der Waals surface area contributed by atoms with E-state index < -0.39 is 24.9 Å². The molecule has 1 amide bonds. The molecule has 1 rings (SSSR count). The molecule has 0 saturated carbocycles. The van der Waals surface area contributed by atoms with Gasteiger partial charge in [0.15, 0.2) is 0 Å². The lowest BCUT2D eigenvalue weighted by atomic mass is 9.91. The number of amides is 1. The Kier molecular flexibility index (Phi) is 6.99. The van der Waals surface area contributed by atoms with E-state index >= 15 is 0 Å². The number of halogens is 4. The number of carbonyl (C=O) groups excluding carboxylic acids is 1. The lowest BCUT2D eigenvalue weighted by molar-refractivity contribution is -0.149. The fraction of sp³-hybridized carbons (Fsp3) is 0.909. The summed E-state index contributed by atoms with van der Waals surface area (Å²) in [7, 11) is 0. The standard InChI is InChI=1S/C11H19F3N2O.ClH/c1-8(15)9-3-6-16(7-4-9)10(17)2-5-11(12,13)14;/h8-9H,2-7,15H2,1H3;1H. The summed E-state index contributed by atoms with van der Waals surface area (Å²) in [5.74, 6) is -0.0212. The van der Waals surface area contributed by atoms with Gasteiger partial charge in [0, 0.05) is 25.6 Å². The van der Waals surface area contributed by atoms with E-state index in [1.807, 2.05) is 6.92 Å². The second-order valence-electron chi connectivity index (χ2n) is 4.69. The smallest absolute Gasteiger partial charge is 0.343 e. The Morgan fingerprint density at radius 3 is 2.28 bits per heavy atom. The van der Waals surface area contributed by atoms with Crippen LogP contribution in [0.4, 0.5) is 13.2 Å². The maximum atomic E-state index is 12.0. The van der Waals surface area contributed by atoms with Crippen LogP contribution in [-0.2, 0) is 4.79 Å². The zero-order valence-electron chi connectivity index (χ0n) is 10.4. The monoisotopic (exact) mass is 288 g/mol. The third-order valence-corrected chi connectivity index (χ3v) is 3.26. The Hall–Kier alpha value is -0.490. The zero-order valence-corrected chi connectivity index (χ0v) is 11.2. The molecule has 1 aliphatic heterocycles. The molecule has 1 aliphatic rings. The van der Waals surface area contributed by atoms with Crippen LogP contribution in [0, 0.1) is 5.92 Å². The molecule has 0 aliphatic carbocycles. The van der Waals surface area contributed by atoms with Crippen molar-refractivity contribution in [3.05, 3.63) is 0 Å². The van der Waals surface area contributed by atoms with Crippen molar-refractivity contribution in [2.75, 3.05) is 13.1 Å². The van der Waals surface area contributed by atoms with Crippen molar-refractivity contribution in [3.63, 3.8) is 0 Å². The lowest BCUT2D eigenvalue weighted by Crippen LogP contribution is -2.42. The Bertz CT molecular complexity index is 264. The molecule has 2 N–H and O–H groups in total. The molecule has 1 fully saturated rings. The van der Waals surface area contributed by atoms with Crippen LogP contribution in [0.1, 0.15) is 32.6 Å². The van der Waals surface area contributed by atoms with Crippen LogP contribution in [0.15, 0.2) is 0 Å². The molecule has 0 spiro atoms. The third-order valence-electron chi connectivity index (χ3n) is 3.26. The summed E-state index contributed by atoms with van der Waals surface area (Å²) in [6, 6.07) is 0.0856. The number of carbonyl (C=O) groups is 1. The van der Waals surface area contributed by atoms with Gasteiger partial charge < -0.3 is 10.6 Å². The van der Waals surface area contributed by atoms with E-state index in [0.29, 0.717) is 19.0 Å². The second kappa shape index (κ2) is 7.19. The van der Waals surface area contributed by atoms with Gasteiger partial charge in [0.05, 0.1) is 6.42 Å². The lowest BCUT2D eigenvalue weighted by Gasteiger charge is -2.33. The van der Waals surface area contributed by atoms with E-state index in [1.165, 1.54) is 4.90 Å². The number of nitrogens with two attached hydrogens (primary N) is 1. The zero-order chi connectivity index (χ0) is 13.1. The second-order valence-corrected chi connectivity index (χ2v) is 4.69. The molecule has 3 nitrogen and oxygen atoms in total. The molecular formula is C11H20ClF3N2O. The fourth-order valence-corrected chi connectivity index (χ4v) is 2.08. The van der Waals surface area contributed by atoms with Crippen LogP contribution in [0.25, 0.3) is 0 Å². The normalized spacial score (nSPS) is 19.3. The van der Waals surface area contributed by atoms with Crippen LogP contribution in [0.3, 0.4) is 0 Å². The van der Waals surface area contributed by atoms with Crippen LogP contribution in [-0.4, -0.2) is 36.1 Å². The molecule has 0 radical (unpaired) electrons. The summed E-state index contributed by atoms with van der Waals surface area (Å²) in [5, 5.41) is 0. The highest BCUT2D eigenvalue weighted by molar-refractivity contribution is 5.85. The number of likely N-dealkylation sites (tertiary alicyclic amines) is 1. The van der Waals surface area contributed by atoms with Gasteiger partial charge in [-0.1, -0.05) is 0 Å². The topological polar surface area (TPSA) is 46.3 Å². The first-order valence-electron chi connectivity index (χ1n) is 5.89. The number of piperidine rings is 1.